The summed E-state index contributed by atoms with van der Waals surface area (Å²) < 4.78 is 9.98. The number of ether oxygens (including phenoxy) is 2. The van der Waals surface area contributed by atoms with Gasteiger partial charge in [-0.1, -0.05) is 0 Å². The molecule has 0 heterocycles. The minimum absolute atomic E-state index is 0.00148. The molecule has 0 spiro atoms. The van der Waals surface area contributed by atoms with E-state index in [1.807, 2.05) is 0 Å². The first kappa shape index (κ1) is 14.9. The van der Waals surface area contributed by atoms with Crippen molar-refractivity contribution in [2.75, 3.05) is 7.11 Å². The van der Waals surface area contributed by atoms with Crippen LogP contribution in [-0.4, -0.2) is 46.6 Å². The first-order valence-corrected chi connectivity index (χ1v) is 5.27. The summed E-state index contributed by atoms with van der Waals surface area (Å²) in [6, 6.07) is 4.07. The van der Waals surface area contributed by atoms with Crippen molar-refractivity contribution < 1.29 is 34.4 Å². The van der Waals surface area contributed by atoms with Gasteiger partial charge >= 0.3 is 5.97 Å². The Morgan fingerprint density at radius 3 is 2.53 bits per heavy atom. The van der Waals surface area contributed by atoms with Gasteiger partial charge in [0.25, 0.3) is 0 Å². The molecule has 0 bridgehead atoms. The summed E-state index contributed by atoms with van der Waals surface area (Å²) in [4.78, 5) is 21.2. The van der Waals surface area contributed by atoms with Gasteiger partial charge in [0.15, 0.2) is 11.5 Å². The normalized spacial score (nSPS) is 15.2. The van der Waals surface area contributed by atoms with Crippen molar-refractivity contribution in [1.82, 2.24) is 0 Å². The molecular formula is C12H14O7. The third-order valence-corrected chi connectivity index (χ3v) is 2.38. The highest BCUT2D eigenvalue weighted by Crippen LogP contribution is 2.31. The van der Waals surface area contributed by atoms with Gasteiger partial charge in [0, 0.05) is 12.5 Å². The number of rotatable bonds is 6. The van der Waals surface area contributed by atoms with Crippen molar-refractivity contribution in [2.24, 2.45) is 0 Å². The fraction of sp³-hybridized carbons (Fsp3) is 0.333. The van der Waals surface area contributed by atoms with Gasteiger partial charge in [-0.15, -0.1) is 0 Å². The minimum atomic E-state index is -2.35. The van der Waals surface area contributed by atoms with Gasteiger partial charge in [-0.05, 0) is 18.2 Å². The lowest BCUT2D eigenvalue weighted by Gasteiger charge is -2.27. The number of methoxy groups -OCH3 is 1. The number of hydrogen-bond donors (Lipinski definition) is 3. The van der Waals surface area contributed by atoms with Gasteiger partial charge in [-0.25, -0.2) is 4.79 Å². The van der Waals surface area contributed by atoms with Gasteiger partial charge in [-0.3, -0.25) is 4.79 Å². The molecule has 2 unspecified atom stereocenters. The number of carbonyl (C=O) groups excluding carboxylic acids is 1. The van der Waals surface area contributed by atoms with E-state index in [-0.39, 0.29) is 11.5 Å². The molecule has 0 aliphatic heterocycles. The Morgan fingerprint density at radius 2 is 2.05 bits per heavy atom. The average molecular weight is 270 g/mol. The van der Waals surface area contributed by atoms with Crippen molar-refractivity contribution in [1.29, 1.82) is 0 Å². The van der Waals surface area contributed by atoms with Crippen LogP contribution in [0.15, 0.2) is 18.2 Å². The third-order valence-electron chi connectivity index (χ3n) is 2.38. The fourth-order valence-electron chi connectivity index (χ4n) is 1.35. The molecule has 1 aromatic rings. The first-order chi connectivity index (χ1) is 8.81. The highest BCUT2D eigenvalue weighted by atomic mass is 16.6. The zero-order chi connectivity index (χ0) is 14.6. The smallest absolute Gasteiger partial charge is 0.339 e. The van der Waals surface area contributed by atoms with Gasteiger partial charge in [0.05, 0.1) is 7.11 Å². The van der Waals surface area contributed by atoms with E-state index in [0.29, 0.717) is 11.8 Å². The van der Waals surface area contributed by atoms with Gasteiger partial charge < -0.3 is 24.8 Å². The number of hydrogen-bond acceptors (Lipinski definition) is 6. The second-order valence-corrected chi connectivity index (χ2v) is 3.93. The summed E-state index contributed by atoms with van der Waals surface area (Å²) in [7, 11) is 1.32. The standard InChI is InChI=1S/C12H14O7/c1-12(17,10(14)11(15)16)19-8-4-3-7(6-13)5-9(8)18-2/h3-6,10,14,17H,1-2H3,(H,15,16). The second-order valence-electron chi connectivity index (χ2n) is 3.93. The van der Waals surface area contributed by atoms with E-state index in [9.17, 15) is 19.8 Å². The molecule has 0 amide bonds. The van der Waals surface area contributed by atoms with Crippen LogP contribution in [0.25, 0.3) is 0 Å². The molecule has 0 saturated heterocycles. The van der Waals surface area contributed by atoms with E-state index >= 15 is 0 Å². The number of benzene rings is 1. The van der Waals surface area contributed by atoms with Crippen molar-refractivity contribution in [3.63, 3.8) is 0 Å². The Balaban J connectivity index is 3.04. The number of carbonyl (C=O) groups is 2. The highest BCUT2D eigenvalue weighted by molar-refractivity contribution is 5.76. The zero-order valence-electron chi connectivity index (χ0n) is 10.4. The number of aliphatic hydroxyl groups is 2. The molecule has 1 rings (SSSR count). The van der Waals surface area contributed by atoms with Crippen LogP contribution in [-0.2, 0) is 4.79 Å². The summed E-state index contributed by atoms with van der Waals surface area (Å²) in [5.41, 5.74) is 0.322. The summed E-state index contributed by atoms with van der Waals surface area (Å²) in [6.45, 7) is 0.999. The van der Waals surface area contributed by atoms with E-state index in [4.69, 9.17) is 14.6 Å². The molecule has 7 heteroatoms. The lowest BCUT2D eigenvalue weighted by molar-refractivity contribution is -0.206. The Hall–Kier alpha value is -2.12. The SMILES string of the molecule is COc1cc(C=O)ccc1OC(C)(O)C(O)C(=O)O. The molecule has 2 atom stereocenters. The topological polar surface area (TPSA) is 113 Å². The lowest BCUT2D eigenvalue weighted by Crippen LogP contribution is -2.49. The van der Waals surface area contributed by atoms with Crippen LogP contribution >= 0.6 is 0 Å². The predicted octanol–water partition coefficient (Wildman–Crippen LogP) is 0.0405. The number of aldehydes is 1. The maximum Gasteiger partial charge on any atom is 0.339 e. The molecule has 0 saturated carbocycles. The van der Waals surface area contributed by atoms with Crippen LogP contribution in [0.4, 0.5) is 0 Å². The van der Waals surface area contributed by atoms with E-state index in [1.54, 1.807) is 0 Å². The quantitative estimate of drug-likeness (QED) is 0.494. The van der Waals surface area contributed by atoms with Crippen molar-refractivity contribution in [3.05, 3.63) is 23.8 Å². The van der Waals surface area contributed by atoms with Gasteiger partial charge in [0.1, 0.15) is 6.29 Å². The minimum Gasteiger partial charge on any atom is -0.493 e. The molecule has 104 valence electrons. The van der Waals surface area contributed by atoms with E-state index in [0.717, 1.165) is 6.92 Å². The summed E-state index contributed by atoms with van der Waals surface area (Å²) in [5, 5.41) is 27.7. The molecule has 0 aromatic heterocycles. The van der Waals surface area contributed by atoms with Crippen LogP contribution in [0.3, 0.4) is 0 Å². The summed E-state index contributed by atoms with van der Waals surface area (Å²) in [5.74, 6) is -3.85. The number of carboxylic acid groups (broad SMARTS) is 1. The van der Waals surface area contributed by atoms with Crippen LogP contribution in [0.5, 0.6) is 11.5 Å². The van der Waals surface area contributed by atoms with Crippen molar-refractivity contribution >= 4 is 12.3 Å². The molecule has 3 N–H and O–H groups in total. The molecule has 0 fully saturated rings. The van der Waals surface area contributed by atoms with Crippen molar-refractivity contribution in [3.8, 4) is 11.5 Å². The monoisotopic (exact) mass is 270 g/mol. The molecule has 1 aromatic carbocycles. The maximum absolute atomic E-state index is 10.6. The predicted molar refractivity (Wildman–Crippen MR) is 63.3 cm³/mol. The molecule has 19 heavy (non-hydrogen) atoms. The average Bonchev–Trinajstić information content (AvgIpc) is 2.37. The Labute approximate surface area is 109 Å². The van der Waals surface area contributed by atoms with Crippen LogP contribution in [0.1, 0.15) is 17.3 Å². The van der Waals surface area contributed by atoms with Crippen LogP contribution in [0.2, 0.25) is 0 Å². The molecule has 0 radical (unpaired) electrons. The van der Waals surface area contributed by atoms with Gasteiger partial charge in [0.2, 0.25) is 11.9 Å². The largest absolute Gasteiger partial charge is 0.493 e. The molecule has 0 aliphatic rings. The first-order valence-electron chi connectivity index (χ1n) is 5.27. The molecule has 0 aliphatic carbocycles. The molecule has 7 nitrogen and oxygen atoms in total. The highest BCUT2D eigenvalue weighted by Gasteiger charge is 2.39. The van der Waals surface area contributed by atoms with Crippen molar-refractivity contribution in [2.45, 2.75) is 18.8 Å². The lowest BCUT2D eigenvalue weighted by atomic mass is 10.1. The number of aliphatic carboxylic acids is 1. The number of aliphatic hydroxyl groups excluding tert-OH is 1. The number of carboxylic acids is 1. The third kappa shape index (κ3) is 3.43. The van der Waals surface area contributed by atoms with Crippen LogP contribution < -0.4 is 9.47 Å². The Kier molecular flexibility index (Phi) is 4.47. The van der Waals surface area contributed by atoms with Gasteiger partial charge in [-0.2, -0.15) is 0 Å². The summed E-state index contributed by atoms with van der Waals surface area (Å²) in [6.07, 6.45) is -1.54. The zero-order valence-corrected chi connectivity index (χ0v) is 10.4. The second kappa shape index (κ2) is 5.68. The Morgan fingerprint density at radius 1 is 1.42 bits per heavy atom. The van der Waals surface area contributed by atoms with E-state index in [2.05, 4.69) is 0 Å². The summed E-state index contributed by atoms with van der Waals surface area (Å²) >= 11 is 0. The van der Waals surface area contributed by atoms with E-state index < -0.39 is 17.9 Å². The maximum atomic E-state index is 10.6. The van der Waals surface area contributed by atoms with Crippen LogP contribution in [0, 0.1) is 0 Å². The molecular weight excluding hydrogens is 256 g/mol. The fourth-order valence-corrected chi connectivity index (χ4v) is 1.35. The van der Waals surface area contributed by atoms with E-state index in [1.165, 1.54) is 25.3 Å². The Bertz CT molecular complexity index is 481.